The molecule has 50 heavy (non-hydrogen) atoms. The van der Waals surface area contributed by atoms with Crippen molar-refractivity contribution in [3.05, 3.63) is 71.8 Å². The minimum Gasteiger partial charge on any atom is -0.494 e. The molecule has 266 valence electrons. The fourth-order valence-electron chi connectivity index (χ4n) is 7.71. The summed E-state index contributed by atoms with van der Waals surface area (Å²) in [5.41, 5.74) is 2.70. The van der Waals surface area contributed by atoms with Crippen molar-refractivity contribution >= 4 is 46.2 Å². The maximum Gasteiger partial charge on any atom is 0.247 e. The van der Waals surface area contributed by atoms with Crippen LogP contribution < -0.4 is 25.3 Å². The Kier molecular flexibility index (Phi) is 10.4. The molecule has 2 atom stereocenters. The van der Waals surface area contributed by atoms with Gasteiger partial charge < -0.3 is 20.3 Å². The SMILES string of the molecule is C=CC(=O)Nc1cc(Nc2cc(N3OCC[C@@H]3Cc3cccc(Cl)c3F)ncn2)c(OC)cc1N1CCC(N2CCN(C3CC3)[C@@H](C)C2)CC1. The average molecular weight is 705 g/mol. The van der Waals surface area contributed by atoms with Crippen LogP contribution in [-0.4, -0.2) is 96.3 Å². The first-order valence-electron chi connectivity index (χ1n) is 17.7. The number of piperidine rings is 1. The van der Waals surface area contributed by atoms with Crippen LogP contribution in [0.1, 0.15) is 44.6 Å². The Labute approximate surface area is 298 Å². The maximum absolute atomic E-state index is 14.7. The Morgan fingerprint density at radius 1 is 1.08 bits per heavy atom. The minimum atomic E-state index is -0.415. The van der Waals surface area contributed by atoms with Crippen molar-refractivity contribution in [2.24, 2.45) is 0 Å². The van der Waals surface area contributed by atoms with Crippen LogP contribution in [0.15, 0.2) is 55.4 Å². The van der Waals surface area contributed by atoms with E-state index in [0.29, 0.717) is 65.9 Å². The highest BCUT2D eigenvalue weighted by molar-refractivity contribution is 6.30. The summed E-state index contributed by atoms with van der Waals surface area (Å²) < 4.78 is 20.6. The van der Waals surface area contributed by atoms with Gasteiger partial charge in [-0.3, -0.25) is 19.4 Å². The number of methoxy groups -OCH3 is 1. The fourth-order valence-corrected chi connectivity index (χ4v) is 7.91. The number of ether oxygens (including phenoxy) is 1. The number of carbonyl (C=O) groups excluding carboxylic acids is 1. The summed E-state index contributed by atoms with van der Waals surface area (Å²) in [6.45, 7) is 11.7. The predicted molar refractivity (Wildman–Crippen MR) is 195 cm³/mol. The van der Waals surface area contributed by atoms with E-state index in [1.807, 2.05) is 12.1 Å². The highest BCUT2D eigenvalue weighted by atomic mass is 35.5. The van der Waals surface area contributed by atoms with Crippen LogP contribution in [0.25, 0.3) is 0 Å². The van der Waals surface area contributed by atoms with Crippen LogP contribution in [0.2, 0.25) is 5.02 Å². The van der Waals surface area contributed by atoms with Crippen LogP contribution in [0.3, 0.4) is 0 Å². The number of nitrogens with one attached hydrogen (secondary N) is 2. The predicted octanol–water partition coefficient (Wildman–Crippen LogP) is 6.04. The van der Waals surface area contributed by atoms with Gasteiger partial charge in [0.25, 0.3) is 0 Å². The molecule has 4 heterocycles. The third-order valence-electron chi connectivity index (χ3n) is 10.5. The molecule has 0 spiro atoms. The average Bonchev–Trinajstić information content (AvgIpc) is 3.87. The monoisotopic (exact) mass is 704 g/mol. The third kappa shape index (κ3) is 7.53. The Morgan fingerprint density at radius 2 is 1.90 bits per heavy atom. The maximum atomic E-state index is 14.7. The molecule has 3 aliphatic heterocycles. The second kappa shape index (κ2) is 15.1. The summed E-state index contributed by atoms with van der Waals surface area (Å²) in [5.74, 6) is 0.937. The van der Waals surface area contributed by atoms with Gasteiger partial charge in [0.1, 0.15) is 23.7 Å². The number of hydrogen-bond acceptors (Lipinski definition) is 10. The highest BCUT2D eigenvalue weighted by Gasteiger charge is 2.38. The van der Waals surface area contributed by atoms with Gasteiger partial charge in [-0.05, 0) is 69.2 Å². The lowest BCUT2D eigenvalue weighted by atomic mass is 9.99. The van der Waals surface area contributed by atoms with E-state index in [-0.39, 0.29) is 17.0 Å². The van der Waals surface area contributed by atoms with Crippen LogP contribution in [0.5, 0.6) is 5.75 Å². The Balaban J connectivity index is 1.07. The molecule has 0 unspecified atom stereocenters. The lowest BCUT2D eigenvalue weighted by Gasteiger charge is -2.46. The molecule has 11 nitrogen and oxygen atoms in total. The Morgan fingerprint density at radius 3 is 2.64 bits per heavy atom. The van der Waals surface area contributed by atoms with E-state index in [1.165, 1.54) is 25.2 Å². The number of carbonyl (C=O) groups is 1. The molecule has 2 N–H and O–H groups in total. The molecule has 4 aliphatic rings. The molecule has 1 amide bonds. The quantitative estimate of drug-likeness (QED) is 0.230. The zero-order valence-corrected chi connectivity index (χ0v) is 29.5. The van der Waals surface area contributed by atoms with Gasteiger partial charge in [-0.2, -0.15) is 0 Å². The summed E-state index contributed by atoms with van der Waals surface area (Å²) in [6, 6.07) is 12.5. The summed E-state index contributed by atoms with van der Waals surface area (Å²) in [5, 5.41) is 8.19. The zero-order valence-electron chi connectivity index (χ0n) is 28.8. The van der Waals surface area contributed by atoms with E-state index < -0.39 is 5.82 Å². The second-order valence-corrected chi connectivity index (χ2v) is 14.1. The summed E-state index contributed by atoms with van der Waals surface area (Å²) in [4.78, 5) is 35.2. The number of hydrogen-bond donors (Lipinski definition) is 2. The van der Waals surface area contributed by atoms with E-state index in [4.69, 9.17) is 21.2 Å². The topological polar surface area (TPSA) is 98.3 Å². The lowest BCUT2D eigenvalue weighted by Crippen LogP contribution is -2.57. The minimum absolute atomic E-state index is 0.0990. The van der Waals surface area contributed by atoms with Gasteiger partial charge in [0.15, 0.2) is 5.82 Å². The zero-order chi connectivity index (χ0) is 34.8. The van der Waals surface area contributed by atoms with Gasteiger partial charge in [0.2, 0.25) is 5.91 Å². The number of anilines is 5. The first kappa shape index (κ1) is 34.5. The molecule has 13 heteroatoms. The van der Waals surface area contributed by atoms with Gasteiger partial charge in [-0.1, -0.05) is 30.3 Å². The summed E-state index contributed by atoms with van der Waals surface area (Å²) in [6.07, 6.45) is 8.66. The molecule has 3 aromatic rings. The van der Waals surface area contributed by atoms with Crippen molar-refractivity contribution in [2.45, 2.75) is 69.6 Å². The molecular weight excluding hydrogens is 659 g/mol. The van der Waals surface area contributed by atoms with Crippen molar-refractivity contribution in [3.8, 4) is 5.75 Å². The first-order chi connectivity index (χ1) is 24.3. The lowest BCUT2D eigenvalue weighted by molar-refractivity contribution is -0.111. The van der Waals surface area contributed by atoms with E-state index in [2.05, 4.69) is 48.8 Å². The molecule has 2 aromatic carbocycles. The van der Waals surface area contributed by atoms with Gasteiger partial charge in [-0.25, -0.2) is 19.4 Å². The van der Waals surface area contributed by atoms with Crippen molar-refractivity contribution in [3.63, 3.8) is 0 Å². The number of nitrogens with zero attached hydrogens (tertiary/aromatic N) is 6. The molecule has 7 rings (SSSR count). The number of amides is 1. The molecule has 0 radical (unpaired) electrons. The van der Waals surface area contributed by atoms with Gasteiger partial charge in [0.05, 0.1) is 41.8 Å². The number of piperazine rings is 1. The first-order valence-corrected chi connectivity index (χ1v) is 18.0. The van der Waals surface area contributed by atoms with Crippen LogP contribution >= 0.6 is 11.6 Å². The summed E-state index contributed by atoms with van der Waals surface area (Å²) in [7, 11) is 1.63. The second-order valence-electron chi connectivity index (χ2n) is 13.7. The third-order valence-corrected chi connectivity index (χ3v) is 10.7. The van der Waals surface area contributed by atoms with Crippen molar-refractivity contribution in [1.82, 2.24) is 19.8 Å². The van der Waals surface area contributed by atoms with Gasteiger partial charge >= 0.3 is 0 Å². The van der Waals surface area contributed by atoms with E-state index in [0.717, 1.165) is 57.3 Å². The largest absolute Gasteiger partial charge is 0.494 e. The van der Waals surface area contributed by atoms with Crippen LogP contribution in [0, 0.1) is 5.82 Å². The van der Waals surface area contributed by atoms with E-state index >= 15 is 0 Å². The molecule has 1 aromatic heterocycles. The van der Waals surface area contributed by atoms with Crippen molar-refractivity contribution < 1.29 is 18.8 Å². The number of benzene rings is 2. The summed E-state index contributed by atoms with van der Waals surface area (Å²) >= 11 is 6.04. The normalized spacial score (nSPS) is 22.1. The number of rotatable bonds is 11. The Hall–Kier alpha value is -3.97. The molecule has 0 bridgehead atoms. The highest BCUT2D eigenvalue weighted by Crippen LogP contribution is 2.40. The van der Waals surface area contributed by atoms with E-state index in [1.54, 1.807) is 36.4 Å². The van der Waals surface area contributed by atoms with Crippen LogP contribution in [0.4, 0.5) is 33.1 Å². The van der Waals surface area contributed by atoms with Crippen molar-refractivity contribution in [2.75, 3.05) is 67.0 Å². The van der Waals surface area contributed by atoms with Gasteiger partial charge in [0, 0.05) is 63.0 Å². The molecule has 1 saturated carbocycles. The van der Waals surface area contributed by atoms with E-state index in [9.17, 15) is 9.18 Å². The van der Waals surface area contributed by atoms with Crippen LogP contribution in [-0.2, 0) is 16.1 Å². The standard InChI is InChI=1S/C37H46ClFN8O3/c1-4-36(48)43-30-19-31(42-34-21-35(41-23-40-34)47-28(12-17-50-47)18-25-6-5-7-29(38)37(25)39)33(49-3)20-32(30)44-13-10-26(11-14-44)45-15-16-46(24(2)22-45)27-8-9-27/h4-7,19-21,23-24,26-28H,1,8-18,22H2,2-3H3,(H,43,48)(H,40,41,42)/t24-,28+/m0/s1. The molecule has 4 fully saturated rings. The Bertz CT molecular complexity index is 1700. The number of halogens is 2. The number of hydroxylamine groups is 1. The molecular formula is C37H46ClFN8O3. The molecule has 3 saturated heterocycles. The van der Waals surface area contributed by atoms with Gasteiger partial charge in [-0.15, -0.1) is 0 Å². The molecule has 1 aliphatic carbocycles. The number of aromatic nitrogens is 2. The fraction of sp³-hybridized carbons (Fsp3) is 0.486. The smallest absolute Gasteiger partial charge is 0.247 e. The van der Waals surface area contributed by atoms with Crippen molar-refractivity contribution in [1.29, 1.82) is 0 Å².